The normalized spacial score (nSPS) is 36.1. The molecule has 3 heteroatoms. The Hall–Kier alpha value is -0.830. The van der Waals surface area contributed by atoms with E-state index in [1.54, 1.807) is 13.0 Å². The van der Waals surface area contributed by atoms with Gasteiger partial charge < -0.3 is 9.47 Å². The van der Waals surface area contributed by atoms with Crippen molar-refractivity contribution in [2.75, 3.05) is 0 Å². The van der Waals surface area contributed by atoms with Crippen molar-refractivity contribution in [3.63, 3.8) is 0 Å². The molecule has 2 aliphatic rings. The predicted molar refractivity (Wildman–Crippen MR) is 51.6 cm³/mol. The lowest BCUT2D eigenvalue weighted by atomic mass is 9.98. The first-order chi connectivity index (χ1) is 6.68. The molecule has 0 amide bonds. The molecule has 2 atom stereocenters. The first-order valence-electron chi connectivity index (χ1n) is 5.22. The zero-order valence-electron chi connectivity index (χ0n) is 8.71. The lowest BCUT2D eigenvalue weighted by Crippen LogP contribution is -2.27. The molecule has 3 nitrogen and oxygen atoms in total. The molecule has 1 heterocycles. The van der Waals surface area contributed by atoms with Crippen LogP contribution in [0.5, 0.6) is 0 Å². The molecule has 1 saturated carbocycles. The van der Waals surface area contributed by atoms with E-state index in [-0.39, 0.29) is 12.1 Å². The molecule has 0 aromatic carbocycles. The molecular formula is C11H16O3. The van der Waals surface area contributed by atoms with Gasteiger partial charge in [0.2, 0.25) is 5.79 Å². The average molecular weight is 196 g/mol. The van der Waals surface area contributed by atoms with E-state index in [9.17, 15) is 4.79 Å². The van der Waals surface area contributed by atoms with Crippen molar-refractivity contribution in [3.05, 3.63) is 11.6 Å². The van der Waals surface area contributed by atoms with Crippen molar-refractivity contribution >= 4 is 5.97 Å². The van der Waals surface area contributed by atoms with Crippen LogP contribution >= 0.6 is 0 Å². The van der Waals surface area contributed by atoms with Crippen molar-refractivity contribution in [1.29, 1.82) is 0 Å². The molecule has 2 fully saturated rings. The maximum atomic E-state index is 11.5. The summed E-state index contributed by atoms with van der Waals surface area (Å²) in [6, 6.07) is 0. The van der Waals surface area contributed by atoms with Gasteiger partial charge in [0, 0.05) is 12.0 Å². The van der Waals surface area contributed by atoms with Crippen LogP contribution in [0.1, 0.15) is 39.5 Å². The van der Waals surface area contributed by atoms with E-state index in [1.807, 2.05) is 6.92 Å². The van der Waals surface area contributed by atoms with Crippen LogP contribution in [0.2, 0.25) is 0 Å². The summed E-state index contributed by atoms with van der Waals surface area (Å²) in [5.41, 5.74) is 0.652. The van der Waals surface area contributed by atoms with E-state index >= 15 is 0 Å². The van der Waals surface area contributed by atoms with E-state index < -0.39 is 5.79 Å². The molecule has 1 saturated heterocycles. The summed E-state index contributed by atoms with van der Waals surface area (Å²) < 4.78 is 10.8. The highest BCUT2D eigenvalue weighted by Gasteiger charge is 2.61. The highest BCUT2D eigenvalue weighted by Crippen LogP contribution is 2.48. The van der Waals surface area contributed by atoms with E-state index in [4.69, 9.17) is 9.47 Å². The number of allylic oxidation sites excluding steroid dienone is 1. The van der Waals surface area contributed by atoms with Crippen LogP contribution in [0.3, 0.4) is 0 Å². The summed E-state index contributed by atoms with van der Waals surface area (Å²) in [4.78, 5) is 11.5. The van der Waals surface area contributed by atoms with E-state index in [1.165, 1.54) is 6.42 Å². The van der Waals surface area contributed by atoms with Gasteiger partial charge in [-0.3, -0.25) is 0 Å². The zero-order valence-corrected chi connectivity index (χ0v) is 8.71. The van der Waals surface area contributed by atoms with Gasteiger partial charge in [0.05, 0.1) is 0 Å². The fourth-order valence-electron chi connectivity index (χ4n) is 1.90. The Morgan fingerprint density at radius 1 is 1.57 bits per heavy atom. The minimum atomic E-state index is -0.542. The smallest absolute Gasteiger partial charge is 0.335 e. The summed E-state index contributed by atoms with van der Waals surface area (Å²) in [6.07, 6.45) is 6.11. The Balaban J connectivity index is 1.95. The average Bonchev–Trinajstić information content (AvgIpc) is 2.90. The van der Waals surface area contributed by atoms with Gasteiger partial charge in [-0.25, -0.2) is 4.79 Å². The number of hydrogen-bond acceptors (Lipinski definition) is 3. The molecule has 1 aliphatic carbocycles. The van der Waals surface area contributed by atoms with Gasteiger partial charge in [-0.1, -0.05) is 12.5 Å². The van der Waals surface area contributed by atoms with Gasteiger partial charge in [-0.2, -0.15) is 0 Å². The molecule has 2 rings (SSSR count). The second-order valence-electron chi connectivity index (χ2n) is 4.03. The lowest BCUT2D eigenvalue weighted by molar-refractivity contribution is -0.155. The maximum absolute atomic E-state index is 11.5. The van der Waals surface area contributed by atoms with Crippen molar-refractivity contribution in [2.45, 2.75) is 51.4 Å². The van der Waals surface area contributed by atoms with Crippen molar-refractivity contribution in [2.24, 2.45) is 0 Å². The predicted octanol–water partition coefficient (Wildman–Crippen LogP) is 2.16. The number of hydrogen-bond donors (Lipinski definition) is 0. The van der Waals surface area contributed by atoms with Gasteiger partial charge >= 0.3 is 5.97 Å². The van der Waals surface area contributed by atoms with E-state index in [0.717, 1.165) is 19.3 Å². The van der Waals surface area contributed by atoms with Crippen LogP contribution in [0.15, 0.2) is 11.6 Å². The topological polar surface area (TPSA) is 38.8 Å². The third kappa shape index (κ3) is 1.57. The summed E-state index contributed by atoms with van der Waals surface area (Å²) in [5, 5.41) is 0. The first-order valence-corrected chi connectivity index (χ1v) is 5.22. The van der Waals surface area contributed by atoms with Crippen LogP contribution in [-0.2, 0) is 14.3 Å². The van der Waals surface area contributed by atoms with Crippen LogP contribution < -0.4 is 0 Å². The van der Waals surface area contributed by atoms with Gasteiger partial charge in [-0.05, 0) is 26.7 Å². The Morgan fingerprint density at radius 3 is 3.00 bits per heavy atom. The van der Waals surface area contributed by atoms with Crippen LogP contribution in [0.25, 0.3) is 0 Å². The SMILES string of the molecule is CC=C(C)C(=O)OC12CCCCC1O2. The number of esters is 1. The lowest BCUT2D eigenvalue weighted by Gasteiger charge is -2.17. The van der Waals surface area contributed by atoms with Crippen LogP contribution in [0, 0.1) is 0 Å². The Bertz CT molecular complexity index is 282. The highest BCUT2D eigenvalue weighted by molar-refractivity contribution is 5.88. The minimum Gasteiger partial charge on any atom is -0.427 e. The number of carbonyl (C=O) groups is 1. The molecule has 0 N–H and O–H groups in total. The largest absolute Gasteiger partial charge is 0.427 e. The summed E-state index contributed by atoms with van der Waals surface area (Å²) in [5.74, 6) is -0.781. The fourth-order valence-corrected chi connectivity index (χ4v) is 1.90. The summed E-state index contributed by atoms with van der Waals surface area (Å²) in [6.45, 7) is 3.60. The van der Waals surface area contributed by atoms with Crippen molar-refractivity contribution < 1.29 is 14.3 Å². The van der Waals surface area contributed by atoms with Gasteiger partial charge in [0.1, 0.15) is 6.10 Å². The number of carbonyl (C=O) groups excluding carboxylic acids is 1. The molecule has 78 valence electrons. The third-order valence-electron chi connectivity index (χ3n) is 3.04. The second-order valence-corrected chi connectivity index (χ2v) is 4.03. The minimum absolute atomic E-state index is 0.171. The van der Waals surface area contributed by atoms with Gasteiger partial charge in [-0.15, -0.1) is 0 Å². The van der Waals surface area contributed by atoms with Gasteiger partial charge in [0.25, 0.3) is 0 Å². The summed E-state index contributed by atoms with van der Waals surface area (Å²) in [7, 11) is 0. The quantitative estimate of drug-likeness (QED) is 0.386. The fraction of sp³-hybridized carbons (Fsp3) is 0.727. The van der Waals surface area contributed by atoms with Crippen molar-refractivity contribution in [3.8, 4) is 0 Å². The molecule has 1 aliphatic heterocycles. The Labute approximate surface area is 84.1 Å². The molecule has 2 unspecified atom stereocenters. The number of ether oxygens (including phenoxy) is 2. The molecule has 0 aromatic heterocycles. The molecule has 0 radical (unpaired) electrons. The standard InChI is InChI=1S/C11H16O3/c1-3-8(2)10(12)14-11-7-5-4-6-9(11)13-11/h3,9H,4-7H2,1-2H3. The Kier molecular flexibility index (Phi) is 2.35. The second kappa shape index (κ2) is 3.39. The third-order valence-corrected chi connectivity index (χ3v) is 3.04. The maximum Gasteiger partial charge on any atom is 0.335 e. The number of rotatable bonds is 2. The van der Waals surface area contributed by atoms with E-state index in [2.05, 4.69) is 0 Å². The number of fused-ring (bicyclic) bond motifs is 1. The number of epoxide rings is 1. The zero-order chi connectivity index (χ0) is 10.2. The first kappa shape index (κ1) is 9.71. The van der Waals surface area contributed by atoms with E-state index in [0.29, 0.717) is 5.57 Å². The molecular weight excluding hydrogens is 180 g/mol. The molecule has 0 bridgehead atoms. The molecule has 0 spiro atoms. The van der Waals surface area contributed by atoms with Gasteiger partial charge in [0.15, 0.2) is 0 Å². The summed E-state index contributed by atoms with van der Waals surface area (Å²) >= 11 is 0. The highest BCUT2D eigenvalue weighted by atomic mass is 16.8. The Morgan fingerprint density at radius 2 is 2.36 bits per heavy atom. The van der Waals surface area contributed by atoms with Crippen LogP contribution in [-0.4, -0.2) is 17.9 Å². The van der Waals surface area contributed by atoms with Crippen LogP contribution in [0.4, 0.5) is 0 Å². The molecule has 14 heavy (non-hydrogen) atoms. The molecule has 0 aromatic rings. The monoisotopic (exact) mass is 196 g/mol. The van der Waals surface area contributed by atoms with Crippen molar-refractivity contribution in [1.82, 2.24) is 0 Å².